The molecule has 70 valence electrons. The van der Waals surface area contributed by atoms with Crippen LogP contribution in [0.2, 0.25) is 0 Å². The molecule has 1 aromatic heterocycles. The highest BCUT2D eigenvalue weighted by atomic mass is 16.1. The van der Waals surface area contributed by atoms with E-state index in [2.05, 4.69) is 16.8 Å². The molecule has 0 aliphatic heterocycles. The van der Waals surface area contributed by atoms with Gasteiger partial charge in [0.25, 0.3) is 5.91 Å². The van der Waals surface area contributed by atoms with Gasteiger partial charge in [0.1, 0.15) is 6.54 Å². The van der Waals surface area contributed by atoms with Gasteiger partial charge in [-0.2, -0.15) is 0 Å². The van der Waals surface area contributed by atoms with Crippen LogP contribution in [0, 0.1) is 0 Å². The van der Waals surface area contributed by atoms with Crippen LogP contribution in [0.4, 0.5) is 0 Å². The third-order valence-electron chi connectivity index (χ3n) is 1.86. The van der Waals surface area contributed by atoms with E-state index in [1.54, 1.807) is 7.05 Å². The maximum absolute atomic E-state index is 11.2. The van der Waals surface area contributed by atoms with E-state index in [1.165, 1.54) is 0 Å². The number of carbonyl (C=O) groups excluding carboxylic acids is 1. The molecule has 0 unspecified atom stereocenters. The summed E-state index contributed by atoms with van der Waals surface area (Å²) in [4.78, 5) is 11.2. The number of aryl methyl sites for hydroxylation is 1. The summed E-state index contributed by atoms with van der Waals surface area (Å²) in [6.45, 7) is 3.12. The van der Waals surface area contributed by atoms with E-state index in [-0.39, 0.29) is 5.91 Å². The van der Waals surface area contributed by atoms with Crippen molar-refractivity contribution in [1.29, 1.82) is 0 Å². The molecule has 1 amide bonds. The molecule has 1 heterocycles. The van der Waals surface area contributed by atoms with E-state index in [1.807, 2.05) is 24.5 Å². The van der Waals surface area contributed by atoms with E-state index < -0.39 is 0 Å². The maximum atomic E-state index is 11.2. The number of pyridine rings is 1. The van der Waals surface area contributed by atoms with E-state index >= 15 is 0 Å². The van der Waals surface area contributed by atoms with Crippen LogP contribution >= 0.6 is 0 Å². The Labute approximate surface area is 78.4 Å². The van der Waals surface area contributed by atoms with Crippen LogP contribution in [0.15, 0.2) is 24.5 Å². The predicted octanol–water partition coefficient (Wildman–Crippen LogP) is 0.744. The fourth-order valence-electron chi connectivity index (χ4n) is 1.16. The number of carbonyl (C=O) groups is 1. The molecule has 3 nitrogen and oxygen atoms in total. The highest BCUT2D eigenvalue weighted by Crippen LogP contribution is 1.94. The molecule has 1 rings (SSSR count). The van der Waals surface area contributed by atoms with Gasteiger partial charge in [-0.25, -0.2) is 4.57 Å². The molecule has 0 atom stereocenters. The number of aromatic nitrogens is 1. The van der Waals surface area contributed by atoms with E-state index in [0.717, 1.165) is 13.0 Å². The lowest BCUT2D eigenvalue weighted by Gasteiger charge is -1.97. The molecule has 0 aliphatic rings. The molecular formula is C10H15N2O+. The normalized spacial score (nSPS) is 9.69. The lowest BCUT2D eigenvalue weighted by molar-refractivity contribution is -0.697. The summed E-state index contributed by atoms with van der Waals surface area (Å²) >= 11 is 0. The Morgan fingerprint density at radius 3 is 2.54 bits per heavy atom. The molecule has 3 heteroatoms. The first-order valence-corrected chi connectivity index (χ1v) is 4.49. The molecule has 0 aliphatic carbocycles. The first kappa shape index (κ1) is 9.71. The fraction of sp³-hybridized carbons (Fsp3) is 0.400. The van der Waals surface area contributed by atoms with Crippen molar-refractivity contribution < 1.29 is 9.36 Å². The number of amides is 1. The Balaban J connectivity index is 2.75. The van der Waals surface area contributed by atoms with Crippen molar-refractivity contribution in [2.75, 3.05) is 7.05 Å². The van der Waals surface area contributed by atoms with Crippen molar-refractivity contribution in [1.82, 2.24) is 5.32 Å². The molecule has 1 aromatic rings. The molecule has 0 radical (unpaired) electrons. The standard InChI is InChI=1S/C10H14N2O/c1-3-6-12-7-4-9(5-8-12)10(13)11-2/h4-5,7-8H,3,6H2,1-2H3/p+1. The molecule has 0 saturated carbocycles. The first-order valence-electron chi connectivity index (χ1n) is 4.49. The zero-order valence-electron chi connectivity index (χ0n) is 8.08. The minimum absolute atomic E-state index is 0.0383. The molecular weight excluding hydrogens is 164 g/mol. The van der Waals surface area contributed by atoms with Crippen molar-refractivity contribution in [3.05, 3.63) is 30.1 Å². The predicted molar refractivity (Wildman–Crippen MR) is 50.3 cm³/mol. The van der Waals surface area contributed by atoms with Crippen LogP contribution in [-0.2, 0) is 6.54 Å². The Morgan fingerprint density at radius 1 is 1.46 bits per heavy atom. The molecule has 0 aromatic carbocycles. The van der Waals surface area contributed by atoms with Gasteiger partial charge in [-0.1, -0.05) is 6.92 Å². The largest absolute Gasteiger partial charge is 0.355 e. The number of nitrogens with zero attached hydrogens (tertiary/aromatic N) is 1. The second-order valence-electron chi connectivity index (χ2n) is 2.90. The summed E-state index contributed by atoms with van der Waals surface area (Å²) in [5.41, 5.74) is 0.704. The lowest BCUT2D eigenvalue weighted by Crippen LogP contribution is -2.33. The zero-order chi connectivity index (χ0) is 9.68. The van der Waals surface area contributed by atoms with E-state index in [4.69, 9.17) is 0 Å². The smallest absolute Gasteiger partial charge is 0.251 e. The topological polar surface area (TPSA) is 33.0 Å². The monoisotopic (exact) mass is 179 g/mol. The summed E-state index contributed by atoms with van der Waals surface area (Å²) < 4.78 is 2.06. The van der Waals surface area contributed by atoms with Gasteiger partial charge in [0, 0.05) is 25.6 Å². The molecule has 0 saturated heterocycles. The van der Waals surface area contributed by atoms with Crippen molar-refractivity contribution in [2.24, 2.45) is 0 Å². The summed E-state index contributed by atoms with van der Waals surface area (Å²) in [5, 5.41) is 2.58. The number of nitrogens with one attached hydrogen (secondary N) is 1. The quantitative estimate of drug-likeness (QED) is 0.682. The zero-order valence-corrected chi connectivity index (χ0v) is 8.08. The van der Waals surface area contributed by atoms with Gasteiger partial charge >= 0.3 is 0 Å². The van der Waals surface area contributed by atoms with Crippen LogP contribution in [0.5, 0.6) is 0 Å². The Morgan fingerprint density at radius 2 is 2.08 bits per heavy atom. The van der Waals surface area contributed by atoms with Gasteiger partial charge in [-0.05, 0) is 0 Å². The van der Waals surface area contributed by atoms with Gasteiger partial charge in [0.2, 0.25) is 0 Å². The highest BCUT2D eigenvalue weighted by Gasteiger charge is 2.04. The third kappa shape index (κ3) is 2.54. The Hall–Kier alpha value is -1.38. The minimum atomic E-state index is -0.0383. The number of hydrogen-bond donors (Lipinski definition) is 1. The van der Waals surface area contributed by atoms with Crippen LogP contribution in [-0.4, -0.2) is 13.0 Å². The summed E-state index contributed by atoms with van der Waals surface area (Å²) in [7, 11) is 1.63. The molecule has 13 heavy (non-hydrogen) atoms. The highest BCUT2D eigenvalue weighted by molar-refractivity contribution is 5.93. The lowest BCUT2D eigenvalue weighted by atomic mass is 10.2. The third-order valence-corrected chi connectivity index (χ3v) is 1.86. The summed E-state index contributed by atoms with van der Waals surface area (Å²) in [6, 6.07) is 3.66. The summed E-state index contributed by atoms with van der Waals surface area (Å²) in [5.74, 6) is -0.0383. The van der Waals surface area contributed by atoms with Crippen LogP contribution in [0.25, 0.3) is 0 Å². The Bertz CT molecular complexity index is 279. The van der Waals surface area contributed by atoms with Crippen molar-refractivity contribution in [3.63, 3.8) is 0 Å². The van der Waals surface area contributed by atoms with Gasteiger partial charge < -0.3 is 5.32 Å². The fourth-order valence-corrected chi connectivity index (χ4v) is 1.16. The van der Waals surface area contributed by atoms with Crippen molar-refractivity contribution in [2.45, 2.75) is 19.9 Å². The van der Waals surface area contributed by atoms with Crippen LogP contribution in [0.3, 0.4) is 0 Å². The van der Waals surface area contributed by atoms with E-state index in [9.17, 15) is 4.79 Å². The maximum Gasteiger partial charge on any atom is 0.251 e. The minimum Gasteiger partial charge on any atom is -0.355 e. The summed E-state index contributed by atoms with van der Waals surface area (Å²) in [6.07, 6.45) is 4.95. The number of rotatable bonds is 3. The number of hydrogen-bond acceptors (Lipinski definition) is 1. The van der Waals surface area contributed by atoms with Crippen LogP contribution in [0.1, 0.15) is 23.7 Å². The molecule has 0 bridgehead atoms. The Kier molecular flexibility index (Phi) is 3.43. The first-order chi connectivity index (χ1) is 6.27. The SMILES string of the molecule is CCC[n+]1ccc(C(=O)NC)cc1. The van der Waals surface area contributed by atoms with Crippen molar-refractivity contribution >= 4 is 5.91 Å². The van der Waals surface area contributed by atoms with E-state index in [0.29, 0.717) is 5.56 Å². The van der Waals surface area contributed by atoms with Gasteiger partial charge in [0.15, 0.2) is 12.4 Å². The van der Waals surface area contributed by atoms with Crippen LogP contribution < -0.4 is 9.88 Å². The average Bonchev–Trinajstić information content (AvgIpc) is 2.18. The molecule has 0 spiro atoms. The average molecular weight is 179 g/mol. The van der Waals surface area contributed by atoms with Gasteiger partial charge in [-0.15, -0.1) is 0 Å². The second kappa shape index (κ2) is 4.60. The van der Waals surface area contributed by atoms with Gasteiger partial charge in [-0.3, -0.25) is 4.79 Å². The van der Waals surface area contributed by atoms with Crippen molar-refractivity contribution in [3.8, 4) is 0 Å². The second-order valence-corrected chi connectivity index (χ2v) is 2.90. The van der Waals surface area contributed by atoms with Gasteiger partial charge in [0.05, 0.1) is 5.56 Å². The molecule has 1 N–H and O–H groups in total. The molecule has 0 fully saturated rings.